The maximum Gasteiger partial charge on any atom is 0.338 e. The van der Waals surface area contributed by atoms with Gasteiger partial charge in [0.25, 0.3) is 0 Å². The first-order chi connectivity index (χ1) is 33.9. The summed E-state index contributed by atoms with van der Waals surface area (Å²) in [5.74, 6) is -3.17. The molecule has 0 N–H and O–H groups in total. The van der Waals surface area contributed by atoms with E-state index in [1.165, 1.54) is 14.2 Å². The number of methoxy groups -OCH3 is 2. The van der Waals surface area contributed by atoms with E-state index in [4.69, 9.17) is 42.6 Å². The average Bonchev–Trinajstić information content (AvgIpc) is 3.87. The maximum atomic E-state index is 14.2. The number of carbonyl (C=O) groups is 4. The predicted octanol–water partition coefficient (Wildman–Crippen LogP) is 8.25. The minimum Gasteiger partial charge on any atom is -0.465 e. The lowest BCUT2D eigenvalue weighted by Crippen LogP contribution is -2.40. The van der Waals surface area contributed by atoms with Gasteiger partial charge < -0.3 is 42.6 Å². The molecule has 3 aromatic carbocycles. The van der Waals surface area contributed by atoms with Gasteiger partial charge in [0.2, 0.25) is 0 Å². The number of benzene rings is 3. The van der Waals surface area contributed by atoms with Crippen molar-refractivity contribution in [3.8, 4) is 0 Å². The molecule has 0 saturated carbocycles. The molecule has 0 unspecified atom stereocenters. The van der Waals surface area contributed by atoms with Crippen LogP contribution in [-0.2, 0) is 62.1 Å². The summed E-state index contributed by atoms with van der Waals surface area (Å²) >= 11 is 0. The van der Waals surface area contributed by atoms with Gasteiger partial charge in [0.15, 0.2) is 9.84 Å². The Bertz CT molecular complexity index is 2380. The molecule has 0 spiro atoms. The Kier molecular flexibility index (Phi) is 20.1. The highest BCUT2D eigenvalue weighted by atomic mass is 32.2. The highest BCUT2D eigenvalue weighted by molar-refractivity contribution is 7.91. The topological polar surface area (TPSA) is 185 Å². The van der Waals surface area contributed by atoms with E-state index in [2.05, 4.69) is 6.58 Å². The molecule has 2 saturated heterocycles. The second kappa shape index (κ2) is 25.9. The Hall–Kier alpha value is -5.23. The minimum atomic E-state index is -3.92. The molecule has 0 aromatic heterocycles. The first kappa shape index (κ1) is 55.1. The number of hydrogen-bond acceptors (Lipinski definition) is 15. The molecule has 3 aliphatic heterocycles. The first-order valence-corrected chi connectivity index (χ1v) is 26.0. The summed E-state index contributed by atoms with van der Waals surface area (Å²) in [6.45, 7) is 11.5. The highest BCUT2D eigenvalue weighted by Gasteiger charge is 2.49. The molecule has 3 aromatic rings. The summed E-state index contributed by atoms with van der Waals surface area (Å²) in [5.41, 5.74) is 2.72. The van der Waals surface area contributed by atoms with Crippen LogP contribution in [-0.4, -0.2) is 128 Å². The fraction of sp³-hybridized carbons (Fsp3) is 0.527. The minimum absolute atomic E-state index is 0.0175. The quantitative estimate of drug-likeness (QED) is 0.0361. The molecular weight excluding hydrogens is 933 g/mol. The highest BCUT2D eigenvalue weighted by Crippen LogP contribution is 2.41. The van der Waals surface area contributed by atoms with Crippen LogP contribution in [0.2, 0.25) is 0 Å². The largest absolute Gasteiger partial charge is 0.465 e. The van der Waals surface area contributed by atoms with Crippen molar-refractivity contribution < 1.29 is 70.2 Å². The van der Waals surface area contributed by atoms with Crippen molar-refractivity contribution in [1.82, 2.24) is 0 Å². The molecule has 15 nitrogen and oxygen atoms in total. The van der Waals surface area contributed by atoms with E-state index in [0.29, 0.717) is 44.3 Å². The van der Waals surface area contributed by atoms with E-state index in [1.807, 2.05) is 27.7 Å². The van der Waals surface area contributed by atoms with Crippen molar-refractivity contribution in [2.45, 2.75) is 133 Å². The molecule has 16 heteroatoms. The smallest absolute Gasteiger partial charge is 0.338 e. The van der Waals surface area contributed by atoms with Crippen LogP contribution >= 0.6 is 0 Å². The van der Waals surface area contributed by atoms with Gasteiger partial charge in [0, 0.05) is 33.0 Å². The van der Waals surface area contributed by atoms with Crippen molar-refractivity contribution in [2.75, 3.05) is 46.4 Å². The van der Waals surface area contributed by atoms with Gasteiger partial charge in [-0.1, -0.05) is 66.7 Å². The monoisotopic (exact) mass is 1000 g/mol. The van der Waals surface area contributed by atoms with Crippen LogP contribution in [0.5, 0.6) is 0 Å². The molecule has 2 fully saturated rings. The van der Waals surface area contributed by atoms with Crippen LogP contribution in [0.25, 0.3) is 0 Å². The van der Waals surface area contributed by atoms with Crippen LogP contribution in [0, 0.1) is 11.3 Å². The number of esters is 4. The number of hydrogen-bond donors (Lipinski definition) is 0. The second-order valence-electron chi connectivity index (χ2n) is 19.6. The van der Waals surface area contributed by atoms with Crippen molar-refractivity contribution in [2.24, 2.45) is 11.3 Å². The average molecular weight is 1000 g/mol. The van der Waals surface area contributed by atoms with Crippen molar-refractivity contribution in [3.63, 3.8) is 0 Å². The number of sulfone groups is 1. The van der Waals surface area contributed by atoms with Gasteiger partial charge in [-0.05, 0) is 114 Å². The van der Waals surface area contributed by atoms with Gasteiger partial charge in [-0.25, -0.2) is 22.8 Å². The van der Waals surface area contributed by atoms with Crippen LogP contribution in [0.3, 0.4) is 0 Å². The van der Waals surface area contributed by atoms with Crippen LogP contribution in [0.4, 0.5) is 0 Å². The molecule has 386 valence electrons. The molecule has 6 rings (SSSR count). The normalized spacial score (nSPS) is 24.1. The van der Waals surface area contributed by atoms with Gasteiger partial charge in [0.05, 0.1) is 76.5 Å². The Labute approximate surface area is 418 Å². The SMILES string of the molecule is C=C1C[C@H](CCCOC(=O)C(C)(C)C)O[C@H]1CC[C@H]1CC(C)=C(COC(=O)COC)[C@@H](C[C@@H]2O[C@H](C[C@@H](COC(=O)c3ccccc3)OC(=O)c3ccccc3)[C@H](OC)[C@H]2CS(=O)(=O)c2ccccc2)O1. The summed E-state index contributed by atoms with van der Waals surface area (Å²) < 4.78 is 82.8. The fourth-order valence-electron chi connectivity index (χ4n) is 9.34. The van der Waals surface area contributed by atoms with E-state index in [0.717, 1.165) is 23.1 Å². The van der Waals surface area contributed by atoms with Gasteiger partial charge in [-0.15, -0.1) is 0 Å². The molecule has 0 bridgehead atoms. The van der Waals surface area contributed by atoms with Crippen LogP contribution in [0.15, 0.2) is 119 Å². The first-order valence-electron chi connectivity index (χ1n) is 24.4. The standard InChI is InChI=1S/C55H70O15S/c1-36-28-41(25-26-46-37(2)29-40(67-46)22-17-27-64-54(59)55(3,4)5)68-47(44(36)33-65-50(56)34-62-6)31-48-45(35-71(60,61)43-23-15-10-16-24-43)51(63-7)49(70-48)30-42(69-53(58)39-20-13-9-14-21-39)32-66-52(57)38-18-11-8-12-19-38/h8-16,18-21,23-24,40-42,45-49,51H,2,17,22,25-35H2,1,3-7H3/t40-,41-,42-,45-,46-,47+,48-,49+,51+/m0/s1. The van der Waals surface area contributed by atoms with Crippen molar-refractivity contribution in [3.05, 3.63) is 125 Å². The predicted molar refractivity (Wildman–Crippen MR) is 263 cm³/mol. The molecule has 3 heterocycles. The van der Waals surface area contributed by atoms with Gasteiger partial charge in [-0.3, -0.25) is 4.79 Å². The van der Waals surface area contributed by atoms with E-state index in [9.17, 15) is 27.6 Å². The summed E-state index contributed by atoms with van der Waals surface area (Å²) in [4.78, 5) is 51.7. The van der Waals surface area contributed by atoms with Gasteiger partial charge >= 0.3 is 23.9 Å². The second-order valence-corrected chi connectivity index (χ2v) is 21.6. The summed E-state index contributed by atoms with van der Waals surface area (Å²) in [6, 6.07) is 25.0. The van der Waals surface area contributed by atoms with E-state index in [-0.39, 0.29) is 73.2 Å². The summed E-state index contributed by atoms with van der Waals surface area (Å²) in [6.07, 6.45) is -0.672. The molecule has 3 aliphatic rings. The van der Waals surface area contributed by atoms with Crippen LogP contribution < -0.4 is 0 Å². The lowest BCUT2D eigenvalue weighted by atomic mass is 9.87. The lowest BCUT2D eigenvalue weighted by molar-refractivity contribution is -0.153. The molecule has 9 atom stereocenters. The summed E-state index contributed by atoms with van der Waals surface area (Å²) in [7, 11) is -1.04. The zero-order chi connectivity index (χ0) is 51.1. The zero-order valence-electron chi connectivity index (χ0n) is 41.8. The fourth-order valence-corrected chi connectivity index (χ4v) is 11.0. The van der Waals surface area contributed by atoms with Gasteiger partial charge in [-0.2, -0.15) is 0 Å². The Morgan fingerprint density at radius 2 is 1.37 bits per heavy atom. The molecule has 0 amide bonds. The molecule has 0 aliphatic carbocycles. The number of carbonyl (C=O) groups excluding carboxylic acids is 4. The van der Waals surface area contributed by atoms with Crippen molar-refractivity contribution >= 4 is 33.7 Å². The Morgan fingerprint density at radius 3 is 2.00 bits per heavy atom. The van der Waals surface area contributed by atoms with Gasteiger partial charge in [0.1, 0.15) is 25.9 Å². The Balaban J connectivity index is 1.23. The lowest BCUT2D eigenvalue weighted by Gasteiger charge is -2.36. The van der Waals surface area contributed by atoms with E-state index >= 15 is 0 Å². The third kappa shape index (κ3) is 15.9. The number of rotatable bonds is 24. The number of ether oxygens (including phenoxy) is 9. The summed E-state index contributed by atoms with van der Waals surface area (Å²) in [5, 5.41) is 0. The third-order valence-corrected chi connectivity index (χ3v) is 14.9. The zero-order valence-corrected chi connectivity index (χ0v) is 42.6. The van der Waals surface area contributed by atoms with Crippen LogP contribution in [0.1, 0.15) is 99.8 Å². The molecule has 0 radical (unpaired) electrons. The Morgan fingerprint density at radius 1 is 0.746 bits per heavy atom. The molecular formula is C55H70O15S. The maximum absolute atomic E-state index is 14.2. The third-order valence-electron chi connectivity index (χ3n) is 13.1. The van der Waals surface area contributed by atoms with E-state index in [1.54, 1.807) is 91.0 Å². The van der Waals surface area contributed by atoms with E-state index < -0.39 is 69.6 Å². The molecule has 71 heavy (non-hydrogen) atoms. The van der Waals surface area contributed by atoms with Crippen molar-refractivity contribution in [1.29, 1.82) is 0 Å².